The fourth-order valence-electron chi connectivity index (χ4n) is 1.52. The summed E-state index contributed by atoms with van der Waals surface area (Å²) in [5.41, 5.74) is 0.171. The van der Waals surface area contributed by atoms with Gasteiger partial charge in [-0.3, -0.25) is 4.57 Å². The van der Waals surface area contributed by atoms with E-state index in [-0.39, 0.29) is 0 Å². The molecule has 0 saturated carbocycles. The van der Waals surface area contributed by atoms with Gasteiger partial charge in [0.25, 0.3) is 0 Å². The highest BCUT2D eigenvalue weighted by atomic mass is 127. The smallest absolute Gasteiger partial charge is 0.419 e. The summed E-state index contributed by atoms with van der Waals surface area (Å²) in [6.07, 6.45) is 2.95. The van der Waals surface area contributed by atoms with E-state index >= 15 is 0 Å². The number of halogens is 2. The molecule has 18 heavy (non-hydrogen) atoms. The molecule has 0 saturated heterocycles. The molecule has 0 fully saturated rings. The van der Waals surface area contributed by atoms with Crippen molar-refractivity contribution in [3.05, 3.63) is 27.2 Å². The van der Waals surface area contributed by atoms with Gasteiger partial charge in [-0.25, -0.2) is 9.78 Å². The average Bonchev–Trinajstić information content (AvgIpc) is 2.53. The number of carbonyl (C=O) groups excluding carboxylic acids is 1. The Morgan fingerprint density at radius 3 is 2.78 bits per heavy atom. The molecule has 0 aromatic carbocycles. The number of nitrogens with zero attached hydrogens (tertiary/aromatic N) is 2. The largest absolute Gasteiger partial charge is 0.443 e. The lowest BCUT2D eigenvalue weighted by Crippen LogP contribution is -2.26. The van der Waals surface area contributed by atoms with E-state index in [1.54, 1.807) is 18.5 Å². The van der Waals surface area contributed by atoms with Crippen LogP contribution in [-0.2, 0) is 4.74 Å². The van der Waals surface area contributed by atoms with Crippen molar-refractivity contribution < 1.29 is 9.53 Å². The van der Waals surface area contributed by atoms with Crippen LogP contribution in [-0.4, -0.2) is 21.2 Å². The highest BCUT2D eigenvalue weighted by Crippen LogP contribution is 2.25. The molecular formula is C12H12ClIN2O2. The van der Waals surface area contributed by atoms with Crippen molar-refractivity contribution in [2.75, 3.05) is 0 Å². The van der Waals surface area contributed by atoms with E-state index < -0.39 is 11.7 Å². The molecule has 0 spiro atoms. The lowest BCUT2D eigenvalue weighted by atomic mass is 10.2. The highest BCUT2D eigenvalue weighted by Gasteiger charge is 2.20. The zero-order valence-corrected chi connectivity index (χ0v) is 13.1. The van der Waals surface area contributed by atoms with Gasteiger partial charge in [0.15, 0.2) is 0 Å². The Labute approximate surface area is 123 Å². The highest BCUT2D eigenvalue weighted by molar-refractivity contribution is 14.1. The maximum absolute atomic E-state index is 12.1. The fourth-order valence-corrected chi connectivity index (χ4v) is 2.36. The number of hydrogen-bond donors (Lipinski definition) is 0. The molecular weight excluding hydrogens is 367 g/mol. The fraction of sp³-hybridized carbons (Fsp3) is 0.333. The third-order valence-corrected chi connectivity index (χ3v) is 3.26. The van der Waals surface area contributed by atoms with Crippen LogP contribution < -0.4 is 0 Å². The topological polar surface area (TPSA) is 44.1 Å². The van der Waals surface area contributed by atoms with E-state index in [2.05, 4.69) is 27.6 Å². The number of ether oxygens (including phenoxy) is 1. The lowest BCUT2D eigenvalue weighted by Gasteiger charge is -2.19. The summed E-state index contributed by atoms with van der Waals surface area (Å²) in [6.45, 7) is 5.49. The third kappa shape index (κ3) is 2.77. The van der Waals surface area contributed by atoms with E-state index in [9.17, 15) is 4.79 Å². The van der Waals surface area contributed by atoms with Crippen LogP contribution in [0.1, 0.15) is 20.8 Å². The quantitative estimate of drug-likeness (QED) is 0.512. The zero-order valence-electron chi connectivity index (χ0n) is 10.2. The molecule has 0 aliphatic heterocycles. The molecule has 2 aromatic rings. The molecule has 0 aliphatic rings. The Balaban J connectivity index is 2.51. The Hall–Kier alpha value is -0.820. The maximum Gasteiger partial charge on any atom is 0.419 e. The summed E-state index contributed by atoms with van der Waals surface area (Å²) in [4.78, 5) is 16.1. The van der Waals surface area contributed by atoms with Gasteiger partial charge < -0.3 is 4.74 Å². The molecule has 2 aromatic heterocycles. The van der Waals surface area contributed by atoms with Gasteiger partial charge in [-0.2, -0.15) is 0 Å². The average molecular weight is 379 g/mol. The van der Waals surface area contributed by atoms with Crippen LogP contribution in [0.25, 0.3) is 10.9 Å². The first-order chi connectivity index (χ1) is 8.28. The first-order valence-corrected chi connectivity index (χ1v) is 6.79. The molecule has 2 rings (SSSR count). The van der Waals surface area contributed by atoms with E-state index in [1.165, 1.54) is 4.57 Å². The van der Waals surface area contributed by atoms with Crippen LogP contribution in [0.2, 0.25) is 5.15 Å². The lowest BCUT2D eigenvalue weighted by molar-refractivity contribution is 0.0544. The number of carbonyl (C=O) groups is 1. The minimum Gasteiger partial charge on any atom is -0.443 e. The molecule has 0 unspecified atom stereocenters. The van der Waals surface area contributed by atoms with Gasteiger partial charge in [0.05, 0.1) is 5.52 Å². The van der Waals surface area contributed by atoms with Crippen LogP contribution in [0.3, 0.4) is 0 Å². The SMILES string of the molecule is CC(C)(C)OC(=O)n1cc(I)c2cnc(Cl)cc21. The second kappa shape index (κ2) is 4.70. The van der Waals surface area contributed by atoms with Gasteiger partial charge in [0, 0.05) is 27.4 Å². The van der Waals surface area contributed by atoms with Crippen molar-refractivity contribution in [3.8, 4) is 0 Å². The maximum atomic E-state index is 12.1. The normalized spacial score (nSPS) is 11.8. The summed E-state index contributed by atoms with van der Waals surface area (Å²) in [5, 5.41) is 1.23. The molecule has 0 bridgehead atoms. The molecule has 96 valence electrons. The molecule has 0 N–H and O–H groups in total. The van der Waals surface area contributed by atoms with Crippen LogP contribution >= 0.6 is 34.2 Å². The zero-order chi connectivity index (χ0) is 13.5. The minimum atomic E-state index is -0.532. The Kier molecular flexibility index (Phi) is 3.55. The number of hydrogen-bond acceptors (Lipinski definition) is 3. The summed E-state index contributed by atoms with van der Waals surface area (Å²) >= 11 is 8.01. The van der Waals surface area contributed by atoms with Crippen LogP contribution in [0, 0.1) is 3.57 Å². The first kappa shape index (κ1) is 13.6. The van der Waals surface area contributed by atoms with Crippen LogP contribution in [0.4, 0.5) is 4.79 Å². The molecule has 6 heteroatoms. The number of fused-ring (bicyclic) bond motifs is 1. The predicted molar refractivity (Wildman–Crippen MR) is 79.1 cm³/mol. The van der Waals surface area contributed by atoms with Gasteiger partial charge in [-0.05, 0) is 43.4 Å². The Bertz CT molecular complexity index is 616. The standard InChI is InChI=1S/C12H12ClIN2O2/c1-12(2,3)18-11(17)16-6-8(14)7-5-15-10(13)4-9(7)16/h4-6H,1-3H3. The van der Waals surface area contributed by atoms with Crippen molar-refractivity contribution in [2.45, 2.75) is 26.4 Å². The molecule has 4 nitrogen and oxygen atoms in total. The predicted octanol–water partition coefficient (Wildman–Crippen LogP) is 4.08. The van der Waals surface area contributed by atoms with Gasteiger partial charge in [0.2, 0.25) is 0 Å². The molecule has 0 atom stereocenters. The monoisotopic (exact) mass is 378 g/mol. The van der Waals surface area contributed by atoms with E-state index in [4.69, 9.17) is 16.3 Å². The van der Waals surface area contributed by atoms with Crippen molar-refractivity contribution in [2.24, 2.45) is 0 Å². The van der Waals surface area contributed by atoms with Gasteiger partial charge in [0.1, 0.15) is 10.8 Å². The summed E-state index contributed by atoms with van der Waals surface area (Å²) in [6, 6.07) is 1.66. The third-order valence-electron chi connectivity index (χ3n) is 2.20. The van der Waals surface area contributed by atoms with Crippen LogP contribution in [0.5, 0.6) is 0 Å². The van der Waals surface area contributed by atoms with Gasteiger partial charge >= 0.3 is 6.09 Å². The van der Waals surface area contributed by atoms with Crippen molar-refractivity contribution >= 4 is 51.2 Å². The van der Waals surface area contributed by atoms with E-state index in [1.807, 2.05) is 20.8 Å². The van der Waals surface area contributed by atoms with E-state index in [0.29, 0.717) is 10.7 Å². The summed E-state index contributed by atoms with van der Waals surface area (Å²) in [5.74, 6) is 0. The van der Waals surface area contributed by atoms with Crippen molar-refractivity contribution in [3.63, 3.8) is 0 Å². The van der Waals surface area contributed by atoms with Crippen molar-refractivity contribution in [1.82, 2.24) is 9.55 Å². The number of rotatable bonds is 0. The molecule has 0 amide bonds. The van der Waals surface area contributed by atoms with Gasteiger partial charge in [-0.1, -0.05) is 11.6 Å². The summed E-state index contributed by atoms with van der Waals surface area (Å²) in [7, 11) is 0. The molecule has 2 heterocycles. The first-order valence-electron chi connectivity index (χ1n) is 5.33. The van der Waals surface area contributed by atoms with Gasteiger partial charge in [-0.15, -0.1) is 0 Å². The van der Waals surface area contributed by atoms with E-state index in [0.717, 1.165) is 8.96 Å². The Morgan fingerprint density at radius 1 is 1.50 bits per heavy atom. The second-order valence-corrected chi connectivity index (χ2v) is 6.40. The summed E-state index contributed by atoms with van der Waals surface area (Å²) < 4.78 is 7.72. The number of pyridine rings is 1. The molecule has 0 radical (unpaired) electrons. The minimum absolute atomic E-state index is 0.349. The molecule has 0 aliphatic carbocycles. The van der Waals surface area contributed by atoms with Crippen molar-refractivity contribution in [1.29, 1.82) is 0 Å². The van der Waals surface area contributed by atoms with Crippen LogP contribution in [0.15, 0.2) is 18.5 Å². The Morgan fingerprint density at radius 2 is 2.17 bits per heavy atom. The number of aromatic nitrogens is 2. The second-order valence-electron chi connectivity index (χ2n) is 4.85.